The second-order valence-corrected chi connectivity index (χ2v) is 6.65. The molecule has 7 heteroatoms. The molecular weight excluding hydrogens is 431 g/mol. The van der Waals surface area contributed by atoms with Gasteiger partial charge in [-0.2, -0.15) is 9.50 Å². The molecule has 0 amide bonds. The number of H-pyrrole nitrogens is 1. The summed E-state index contributed by atoms with van der Waals surface area (Å²) in [4.78, 5) is 21.1. The third kappa shape index (κ3) is 3.41. The number of hydrogen-bond acceptors (Lipinski definition) is 4. The van der Waals surface area contributed by atoms with E-state index in [-0.39, 0.29) is 12.2 Å². The number of benzene rings is 2. The van der Waals surface area contributed by atoms with Crippen LogP contribution in [0, 0.1) is 3.57 Å². The molecule has 0 fully saturated rings. The fourth-order valence-corrected chi connectivity index (χ4v) is 2.96. The van der Waals surface area contributed by atoms with E-state index in [0.29, 0.717) is 17.3 Å². The number of aromatic amines is 1. The van der Waals surface area contributed by atoms with E-state index in [1.807, 2.05) is 54.6 Å². The molecule has 0 bridgehead atoms. The Balaban J connectivity index is 1.64. The van der Waals surface area contributed by atoms with Crippen LogP contribution < -0.4 is 10.3 Å². The van der Waals surface area contributed by atoms with Gasteiger partial charge in [0.25, 0.3) is 11.3 Å². The molecule has 4 rings (SSSR count). The van der Waals surface area contributed by atoms with E-state index in [9.17, 15) is 4.79 Å². The quantitative estimate of drug-likeness (QED) is 0.491. The Kier molecular flexibility index (Phi) is 4.22. The van der Waals surface area contributed by atoms with Crippen LogP contribution in [0.5, 0.6) is 5.75 Å². The first-order valence-corrected chi connectivity index (χ1v) is 8.69. The zero-order valence-corrected chi connectivity index (χ0v) is 15.2. The number of ether oxygens (including phenoxy) is 1. The molecule has 6 nitrogen and oxygen atoms in total. The van der Waals surface area contributed by atoms with Crippen LogP contribution in [0.15, 0.2) is 65.5 Å². The standard InChI is InChI=1S/C18H13IN4O2/c19-13-7-4-8-15(9-13)25-11-14-10-16(24)23-18(20-14)21-17(22-23)12-5-2-1-3-6-12/h1-10H,11H2,(H,20,21,22). The van der Waals surface area contributed by atoms with Gasteiger partial charge >= 0.3 is 0 Å². The first kappa shape index (κ1) is 15.8. The van der Waals surface area contributed by atoms with E-state index in [0.717, 1.165) is 14.9 Å². The summed E-state index contributed by atoms with van der Waals surface area (Å²) < 4.78 is 8.13. The minimum absolute atomic E-state index is 0.208. The van der Waals surface area contributed by atoms with Gasteiger partial charge in [-0.3, -0.25) is 9.89 Å². The van der Waals surface area contributed by atoms with E-state index in [1.165, 1.54) is 10.6 Å². The molecule has 0 spiro atoms. The summed E-state index contributed by atoms with van der Waals surface area (Å²) in [7, 11) is 0. The number of halogens is 1. The number of aromatic nitrogens is 4. The van der Waals surface area contributed by atoms with Crippen molar-refractivity contribution in [3.8, 4) is 17.1 Å². The Morgan fingerprint density at radius 3 is 2.68 bits per heavy atom. The monoisotopic (exact) mass is 444 g/mol. The molecule has 0 aliphatic rings. The van der Waals surface area contributed by atoms with Crippen molar-refractivity contribution in [2.75, 3.05) is 0 Å². The average molecular weight is 444 g/mol. The van der Waals surface area contributed by atoms with Crippen LogP contribution in [0.4, 0.5) is 0 Å². The Labute approximate surface area is 156 Å². The maximum atomic E-state index is 12.3. The zero-order valence-electron chi connectivity index (χ0n) is 13.0. The second-order valence-electron chi connectivity index (χ2n) is 5.41. The normalized spacial score (nSPS) is 10.9. The molecule has 25 heavy (non-hydrogen) atoms. The highest BCUT2D eigenvalue weighted by Crippen LogP contribution is 2.17. The van der Waals surface area contributed by atoms with E-state index in [4.69, 9.17) is 4.74 Å². The highest BCUT2D eigenvalue weighted by Gasteiger charge is 2.10. The van der Waals surface area contributed by atoms with Crippen LogP contribution >= 0.6 is 22.6 Å². The zero-order chi connectivity index (χ0) is 17.2. The molecule has 1 N–H and O–H groups in total. The van der Waals surface area contributed by atoms with Crippen molar-refractivity contribution in [3.05, 3.63) is 80.3 Å². The van der Waals surface area contributed by atoms with Gasteiger partial charge in [-0.05, 0) is 40.8 Å². The summed E-state index contributed by atoms with van der Waals surface area (Å²) in [5, 5.41) is 2.98. The lowest BCUT2D eigenvalue weighted by Crippen LogP contribution is -2.16. The van der Waals surface area contributed by atoms with E-state index < -0.39 is 0 Å². The minimum Gasteiger partial charge on any atom is -0.487 e. The average Bonchev–Trinajstić information content (AvgIpc) is 3.06. The summed E-state index contributed by atoms with van der Waals surface area (Å²) in [5.41, 5.74) is 1.21. The van der Waals surface area contributed by atoms with Crippen molar-refractivity contribution >= 4 is 28.4 Å². The number of nitrogens with one attached hydrogen (secondary N) is 1. The van der Waals surface area contributed by atoms with Gasteiger partial charge in [0.05, 0.1) is 5.69 Å². The molecule has 124 valence electrons. The smallest absolute Gasteiger partial charge is 0.274 e. The van der Waals surface area contributed by atoms with Crippen LogP contribution in [0.3, 0.4) is 0 Å². The van der Waals surface area contributed by atoms with Gasteiger partial charge in [0.15, 0.2) is 5.82 Å². The molecule has 0 aliphatic carbocycles. The lowest BCUT2D eigenvalue weighted by molar-refractivity contribution is 0.301. The predicted octanol–water partition coefficient (Wildman–Crippen LogP) is 3.27. The summed E-state index contributed by atoms with van der Waals surface area (Å²) in [5.74, 6) is 1.66. The van der Waals surface area contributed by atoms with Crippen molar-refractivity contribution < 1.29 is 4.74 Å². The Morgan fingerprint density at radius 2 is 1.88 bits per heavy atom. The lowest BCUT2D eigenvalue weighted by atomic mass is 10.2. The van der Waals surface area contributed by atoms with Crippen LogP contribution in [0.25, 0.3) is 17.2 Å². The molecule has 0 atom stereocenters. The summed E-state index contributed by atoms with van der Waals surface area (Å²) in [6, 6.07) is 18.8. The van der Waals surface area contributed by atoms with Crippen LogP contribution in [0.1, 0.15) is 5.69 Å². The maximum Gasteiger partial charge on any atom is 0.274 e. The van der Waals surface area contributed by atoms with Crippen molar-refractivity contribution in [1.29, 1.82) is 0 Å². The molecule has 2 heterocycles. The van der Waals surface area contributed by atoms with Gasteiger partial charge in [0.2, 0.25) is 0 Å². The Bertz CT molecular complexity index is 1090. The van der Waals surface area contributed by atoms with Crippen molar-refractivity contribution in [2.24, 2.45) is 0 Å². The minimum atomic E-state index is -0.221. The molecular formula is C18H13IN4O2. The number of hydrogen-bond donors (Lipinski definition) is 1. The maximum absolute atomic E-state index is 12.3. The molecule has 0 unspecified atom stereocenters. The van der Waals surface area contributed by atoms with Crippen molar-refractivity contribution in [1.82, 2.24) is 19.6 Å². The topological polar surface area (TPSA) is 72.3 Å². The van der Waals surface area contributed by atoms with Crippen LogP contribution in [-0.4, -0.2) is 19.6 Å². The molecule has 4 aromatic rings. The Morgan fingerprint density at radius 1 is 1.04 bits per heavy atom. The molecule has 2 aromatic heterocycles. The van der Waals surface area contributed by atoms with Crippen LogP contribution in [-0.2, 0) is 6.61 Å². The highest BCUT2D eigenvalue weighted by atomic mass is 127. The first-order valence-electron chi connectivity index (χ1n) is 7.61. The molecule has 0 aliphatic heterocycles. The van der Waals surface area contributed by atoms with Gasteiger partial charge in [-0.15, -0.1) is 0 Å². The van der Waals surface area contributed by atoms with E-state index >= 15 is 0 Å². The van der Waals surface area contributed by atoms with E-state index in [1.54, 1.807) is 0 Å². The largest absolute Gasteiger partial charge is 0.487 e. The fourth-order valence-electron chi connectivity index (χ4n) is 2.44. The number of rotatable bonds is 4. The fraction of sp³-hybridized carbons (Fsp3) is 0.0556. The molecule has 0 saturated carbocycles. The van der Waals surface area contributed by atoms with Gasteiger partial charge in [0.1, 0.15) is 12.4 Å². The van der Waals surface area contributed by atoms with Gasteiger partial charge in [0, 0.05) is 15.2 Å². The van der Waals surface area contributed by atoms with Gasteiger partial charge in [-0.1, -0.05) is 36.4 Å². The van der Waals surface area contributed by atoms with Crippen molar-refractivity contribution in [3.63, 3.8) is 0 Å². The Hall–Kier alpha value is -2.68. The third-order valence-corrected chi connectivity index (χ3v) is 4.28. The summed E-state index contributed by atoms with van der Waals surface area (Å²) in [6.07, 6.45) is 0. The second kappa shape index (κ2) is 6.67. The van der Waals surface area contributed by atoms with Crippen molar-refractivity contribution in [2.45, 2.75) is 6.61 Å². The third-order valence-electron chi connectivity index (χ3n) is 3.61. The van der Waals surface area contributed by atoms with Crippen LogP contribution in [0.2, 0.25) is 0 Å². The molecule has 0 radical (unpaired) electrons. The van der Waals surface area contributed by atoms with Gasteiger partial charge < -0.3 is 4.74 Å². The number of fused-ring (bicyclic) bond motifs is 1. The van der Waals surface area contributed by atoms with E-state index in [2.05, 4.69) is 37.7 Å². The first-order chi connectivity index (χ1) is 12.2. The SMILES string of the molecule is O=c1cc(COc2cccc(I)c2)nc2nc(-c3ccccc3)[nH]n12. The summed E-state index contributed by atoms with van der Waals surface area (Å²) in [6.45, 7) is 0.208. The number of nitrogens with zero attached hydrogens (tertiary/aromatic N) is 3. The lowest BCUT2D eigenvalue weighted by Gasteiger charge is -2.05. The van der Waals surface area contributed by atoms with Gasteiger partial charge in [-0.25, -0.2) is 4.98 Å². The molecule has 0 saturated heterocycles. The molecule has 2 aromatic carbocycles. The highest BCUT2D eigenvalue weighted by molar-refractivity contribution is 14.1. The summed E-state index contributed by atoms with van der Waals surface area (Å²) >= 11 is 2.22. The predicted molar refractivity (Wildman–Crippen MR) is 103 cm³/mol.